The summed E-state index contributed by atoms with van der Waals surface area (Å²) in [5, 5.41) is 16.2. The molecule has 144 valence electrons. The van der Waals surface area contributed by atoms with Gasteiger partial charge in [0.2, 0.25) is 0 Å². The lowest BCUT2D eigenvalue weighted by Gasteiger charge is -2.27. The van der Waals surface area contributed by atoms with E-state index in [-0.39, 0.29) is 29.2 Å². The zero-order valence-electron chi connectivity index (χ0n) is 15.6. The number of aryl methyl sites for hydroxylation is 1. The number of aromatic nitrogens is 4. The highest BCUT2D eigenvalue weighted by molar-refractivity contribution is 5.94. The number of carbonyl (C=O) groups excluding carboxylic acids is 1. The fraction of sp³-hybridized carbons (Fsp3) is 0.250. The van der Waals surface area contributed by atoms with Gasteiger partial charge in [0.25, 0.3) is 5.91 Å². The summed E-state index contributed by atoms with van der Waals surface area (Å²) in [7, 11) is 0. The Morgan fingerprint density at radius 2 is 1.93 bits per heavy atom. The van der Waals surface area contributed by atoms with Gasteiger partial charge in [0, 0.05) is 6.20 Å². The number of carboxylic acid groups (broad SMARTS) is 1. The van der Waals surface area contributed by atoms with Gasteiger partial charge < -0.3 is 10.4 Å². The molecule has 3 aromatic rings. The molecule has 2 aromatic heterocycles. The van der Waals surface area contributed by atoms with E-state index in [0.29, 0.717) is 6.42 Å². The standard InChI is InChI=1S/C20H21N5O3/c1-3-16(24-19(26)17-9-8-15(10-22-17)20(27)28)18(25-12-21-11-23-25)14-6-4-13(2)5-7-14/h4-12,16,18H,3H2,1-2H3,(H,24,26)(H,27,28). The van der Waals surface area contributed by atoms with Crippen molar-refractivity contribution in [3.8, 4) is 0 Å². The van der Waals surface area contributed by atoms with Crippen LogP contribution < -0.4 is 5.32 Å². The Morgan fingerprint density at radius 1 is 1.18 bits per heavy atom. The summed E-state index contributed by atoms with van der Waals surface area (Å²) < 4.78 is 1.72. The molecule has 3 rings (SSSR count). The number of carboxylic acids is 1. The summed E-state index contributed by atoms with van der Waals surface area (Å²) in [5.74, 6) is -1.46. The zero-order valence-corrected chi connectivity index (χ0v) is 15.6. The Morgan fingerprint density at radius 3 is 2.46 bits per heavy atom. The zero-order chi connectivity index (χ0) is 20.1. The number of benzene rings is 1. The van der Waals surface area contributed by atoms with Crippen molar-refractivity contribution in [2.24, 2.45) is 0 Å². The average Bonchev–Trinajstić information content (AvgIpc) is 3.23. The van der Waals surface area contributed by atoms with Crippen LogP contribution in [0.2, 0.25) is 0 Å². The Balaban J connectivity index is 1.86. The topological polar surface area (TPSA) is 110 Å². The van der Waals surface area contributed by atoms with E-state index in [4.69, 9.17) is 5.11 Å². The molecule has 2 heterocycles. The Bertz CT molecular complexity index is 937. The molecule has 0 spiro atoms. The van der Waals surface area contributed by atoms with Crippen LogP contribution in [0.3, 0.4) is 0 Å². The molecule has 1 aromatic carbocycles. The van der Waals surface area contributed by atoms with Crippen molar-refractivity contribution in [3.05, 3.63) is 77.6 Å². The molecule has 28 heavy (non-hydrogen) atoms. The molecule has 0 aliphatic rings. The van der Waals surface area contributed by atoms with E-state index >= 15 is 0 Å². The van der Waals surface area contributed by atoms with E-state index in [2.05, 4.69) is 20.4 Å². The van der Waals surface area contributed by atoms with E-state index in [1.165, 1.54) is 24.7 Å². The third-order valence-electron chi connectivity index (χ3n) is 4.52. The summed E-state index contributed by atoms with van der Waals surface area (Å²) in [6, 6.07) is 10.3. The molecule has 2 N–H and O–H groups in total. The lowest BCUT2D eigenvalue weighted by molar-refractivity contribution is 0.0695. The van der Waals surface area contributed by atoms with E-state index in [0.717, 1.165) is 11.1 Å². The summed E-state index contributed by atoms with van der Waals surface area (Å²) in [6.45, 7) is 3.99. The molecule has 0 aliphatic carbocycles. The number of rotatable bonds is 7. The lowest BCUT2D eigenvalue weighted by atomic mass is 9.96. The third-order valence-corrected chi connectivity index (χ3v) is 4.52. The van der Waals surface area contributed by atoms with E-state index in [1.54, 1.807) is 11.0 Å². The maximum Gasteiger partial charge on any atom is 0.337 e. The minimum absolute atomic E-state index is 0.0312. The van der Waals surface area contributed by atoms with E-state index in [1.807, 2.05) is 38.1 Å². The third kappa shape index (κ3) is 4.22. The maximum absolute atomic E-state index is 12.7. The van der Waals surface area contributed by atoms with Crippen LogP contribution in [0.4, 0.5) is 0 Å². The second-order valence-electron chi connectivity index (χ2n) is 6.46. The van der Waals surface area contributed by atoms with Crippen molar-refractivity contribution in [1.29, 1.82) is 0 Å². The monoisotopic (exact) mass is 379 g/mol. The van der Waals surface area contributed by atoms with E-state index < -0.39 is 5.97 Å². The van der Waals surface area contributed by atoms with Crippen molar-refractivity contribution < 1.29 is 14.7 Å². The van der Waals surface area contributed by atoms with Gasteiger partial charge in [-0.15, -0.1) is 0 Å². The predicted molar refractivity (Wildman–Crippen MR) is 102 cm³/mol. The Kier molecular flexibility index (Phi) is 5.78. The second-order valence-corrected chi connectivity index (χ2v) is 6.46. The van der Waals surface area contributed by atoms with Gasteiger partial charge in [0.05, 0.1) is 17.6 Å². The molecule has 2 unspecified atom stereocenters. The first-order chi connectivity index (χ1) is 13.5. The molecule has 8 nitrogen and oxygen atoms in total. The fourth-order valence-corrected chi connectivity index (χ4v) is 3.00. The van der Waals surface area contributed by atoms with Gasteiger partial charge in [-0.3, -0.25) is 9.78 Å². The van der Waals surface area contributed by atoms with Gasteiger partial charge >= 0.3 is 5.97 Å². The number of hydrogen-bond acceptors (Lipinski definition) is 5. The van der Waals surface area contributed by atoms with Crippen molar-refractivity contribution in [2.75, 3.05) is 0 Å². The smallest absolute Gasteiger partial charge is 0.337 e. The highest BCUT2D eigenvalue weighted by Crippen LogP contribution is 2.24. The SMILES string of the molecule is CCC(NC(=O)c1ccc(C(=O)O)cn1)C(c1ccc(C)cc1)n1cncn1. The van der Waals surface area contributed by atoms with Crippen LogP contribution in [0.25, 0.3) is 0 Å². The molecular weight excluding hydrogens is 358 g/mol. The molecule has 0 saturated heterocycles. The van der Waals surface area contributed by atoms with E-state index in [9.17, 15) is 9.59 Å². The molecule has 0 radical (unpaired) electrons. The Hall–Kier alpha value is -3.55. The number of pyridine rings is 1. The maximum atomic E-state index is 12.7. The number of carbonyl (C=O) groups is 2. The highest BCUT2D eigenvalue weighted by atomic mass is 16.4. The molecule has 0 bridgehead atoms. The van der Waals surface area contributed by atoms with Gasteiger partial charge in [-0.05, 0) is 31.0 Å². The summed E-state index contributed by atoms with van der Waals surface area (Å²) in [6.07, 6.45) is 4.91. The first-order valence-electron chi connectivity index (χ1n) is 8.90. The minimum atomic E-state index is -1.09. The van der Waals surface area contributed by atoms with Crippen molar-refractivity contribution in [2.45, 2.75) is 32.4 Å². The summed E-state index contributed by atoms with van der Waals surface area (Å²) in [5.41, 5.74) is 2.33. The number of amides is 1. The van der Waals surface area contributed by atoms with Crippen LogP contribution in [0.15, 0.2) is 55.2 Å². The average molecular weight is 379 g/mol. The number of aromatic carboxylic acids is 1. The Labute approximate surface area is 162 Å². The normalized spacial score (nSPS) is 12.9. The molecule has 2 atom stereocenters. The molecule has 0 aliphatic heterocycles. The van der Waals surface area contributed by atoms with Crippen molar-refractivity contribution in [1.82, 2.24) is 25.1 Å². The molecule has 1 amide bonds. The second kappa shape index (κ2) is 8.43. The van der Waals surface area contributed by atoms with Crippen LogP contribution in [-0.4, -0.2) is 42.8 Å². The molecule has 8 heteroatoms. The predicted octanol–water partition coefficient (Wildman–Crippen LogP) is 2.48. The minimum Gasteiger partial charge on any atom is -0.478 e. The summed E-state index contributed by atoms with van der Waals surface area (Å²) in [4.78, 5) is 31.6. The fourth-order valence-electron chi connectivity index (χ4n) is 3.00. The van der Waals surface area contributed by atoms with Crippen LogP contribution >= 0.6 is 0 Å². The number of nitrogens with one attached hydrogen (secondary N) is 1. The van der Waals surface area contributed by atoms with Crippen molar-refractivity contribution >= 4 is 11.9 Å². The first kappa shape index (κ1) is 19.2. The van der Waals surface area contributed by atoms with Gasteiger partial charge in [-0.25, -0.2) is 14.5 Å². The molecule has 0 fully saturated rings. The summed E-state index contributed by atoms with van der Waals surface area (Å²) >= 11 is 0. The number of hydrogen-bond donors (Lipinski definition) is 2. The highest BCUT2D eigenvalue weighted by Gasteiger charge is 2.26. The first-order valence-corrected chi connectivity index (χ1v) is 8.90. The number of nitrogens with zero attached hydrogens (tertiary/aromatic N) is 4. The molecule has 0 saturated carbocycles. The van der Waals surface area contributed by atoms with Crippen LogP contribution in [0, 0.1) is 6.92 Å². The van der Waals surface area contributed by atoms with Gasteiger partial charge in [0.1, 0.15) is 18.3 Å². The van der Waals surface area contributed by atoms with Crippen LogP contribution in [0.5, 0.6) is 0 Å². The van der Waals surface area contributed by atoms with Crippen molar-refractivity contribution in [3.63, 3.8) is 0 Å². The molecular formula is C20H21N5O3. The van der Waals surface area contributed by atoms with Gasteiger partial charge in [-0.1, -0.05) is 36.8 Å². The quantitative estimate of drug-likeness (QED) is 0.653. The van der Waals surface area contributed by atoms with Gasteiger partial charge in [0.15, 0.2) is 0 Å². The van der Waals surface area contributed by atoms with Crippen LogP contribution in [-0.2, 0) is 0 Å². The van der Waals surface area contributed by atoms with Gasteiger partial charge in [-0.2, -0.15) is 5.10 Å². The largest absolute Gasteiger partial charge is 0.478 e. The van der Waals surface area contributed by atoms with Crippen LogP contribution in [0.1, 0.15) is 51.4 Å². The lowest BCUT2D eigenvalue weighted by Crippen LogP contribution is -2.42.